The van der Waals surface area contributed by atoms with E-state index in [0.29, 0.717) is 5.78 Å². The Morgan fingerprint density at radius 2 is 0.833 bits per heavy atom. The summed E-state index contributed by atoms with van der Waals surface area (Å²) in [5.41, 5.74) is 0. The van der Waals surface area contributed by atoms with Crippen LogP contribution >= 0.6 is 0 Å². The van der Waals surface area contributed by atoms with Crippen LogP contribution in [0.4, 0.5) is 0 Å². The van der Waals surface area contributed by atoms with Crippen molar-refractivity contribution in [2.24, 2.45) is 0 Å². The van der Waals surface area contributed by atoms with Crippen LogP contribution < -0.4 is 0 Å². The third kappa shape index (κ3) is 25.2. The largest absolute Gasteiger partial charge is 0.300 e. The van der Waals surface area contributed by atoms with Gasteiger partial charge in [-0.25, -0.2) is 0 Å². The second kappa shape index (κ2) is 26.2. The first-order valence-corrected chi connectivity index (χ1v) is 13.6. The fourth-order valence-corrected chi connectivity index (χ4v) is 3.89. The van der Waals surface area contributed by atoms with E-state index in [4.69, 9.17) is 0 Å². The molecule has 0 aliphatic heterocycles. The van der Waals surface area contributed by atoms with Gasteiger partial charge in [0, 0.05) is 12.8 Å². The Morgan fingerprint density at radius 3 is 1.33 bits per heavy atom. The summed E-state index contributed by atoms with van der Waals surface area (Å²) >= 11 is 0. The molecule has 1 nitrogen and oxygen atoms in total. The fourth-order valence-electron chi connectivity index (χ4n) is 3.89. The van der Waals surface area contributed by atoms with Crippen molar-refractivity contribution in [1.29, 1.82) is 0 Å². The first-order valence-electron chi connectivity index (χ1n) is 13.6. The Morgan fingerprint density at radius 1 is 0.467 bits per heavy atom. The van der Waals surface area contributed by atoms with Crippen LogP contribution in [-0.2, 0) is 4.79 Å². The summed E-state index contributed by atoms with van der Waals surface area (Å²) < 4.78 is 0. The fraction of sp³-hybridized carbons (Fsp3) is 0.828. The summed E-state index contributed by atoms with van der Waals surface area (Å²) in [6.07, 6.45) is 36.7. The molecule has 0 aliphatic carbocycles. The van der Waals surface area contributed by atoms with Gasteiger partial charge in [0.15, 0.2) is 0 Å². The second-order valence-corrected chi connectivity index (χ2v) is 9.10. The molecular formula is C29H54O. The lowest BCUT2D eigenvalue weighted by atomic mass is 10.0. The van der Waals surface area contributed by atoms with Gasteiger partial charge in [-0.05, 0) is 44.9 Å². The molecule has 0 fully saturated rings. The molecule has 0 saturated heterocycles. The summed E-state index contributed by atoms with van der Waals surface area (Å²) in [4.78, 5) is 12.0. The minimum atomic E-state index is 0.505. The standard InChI is InChI=1S/C29H54O/c1-3-5-7-9-11-13-14-15-16-17-18-19-20-22-24-26-28-29(30)27-25-23-21-12-10-8-6-4-2/h11,13,15-16H,3-10,12,14,17-28H2,1-2H3. The van der Waals surface area contributed by atoms with E-state index < -0.39 is 0 Å². The SMILES string of the molecule is CCCCCC=CCC=CCCCCCCCCC(=O)CCCCCCCCCC. The summed E-state index contributed by atoms with van der Waals surface area (Å²) in [7, 11) is 0. The van der Waals surface area contributed by atoms with Gasteiger partial charge in [0.25, 0.3) is 0 Å². The Labute approximate surface area is 190 Å². The van der Waals surface area contributed by atoms with Crippen molar-refractivity contribution in [1.82, 2.24) is 0 Å². The van der Waals surface area contributed by atoms with E-state index in [1.54, 1.807) is 0 Å². The minimum absolute atomic E-state index is 0.505. The van der Waals surface area contributed by atoms with Crippen molar-refractivity contribution in [3.05, 3.63) is 24.3 Å². The topological polar surface area (TPSA) is 17.1 Å². The summed E-state index contributed by atoms with van der Waals surface area (Å²) in [6.45, 7) is 4.52. The van der Waals surface area contributed by atoms with Gasteiger partial charge in [-0.3, -0.25) is 4.79 Å². The maximum Gasteiger partial charge on any atom is 0.132 e. The number of hydrogen-bond acceptors (Lipinski definition) is 1. The van der Waals surface area contributed by atoms with Crippen molar-refractivity contribution in [3.8, 4) is 0 Å². The molecule has 0 radical (unpaired) electrons. The average Bonchev–Trinajstić information content (AvgIpc) is 2.75. The Kier molecular flexibility index (Phi) is 25.4. The zero-order valence-corrected chi connectivity index (χ0v) is 20.8. The lowest BCUT2D eigenvalue weighted by molar-refractivity contribution is -0.119. The molecule has 0 aliphatic rings. The Balaban J connectivity index is 3.24. The van der Waals surface area contributed by atoms with E-state index in [1.807, 2.05) is 0 Å². The van der Waals surface area contributed by atoms with Crippen LogP contribution in [0.5, 0.6) is 0 Å². The van der Waals surface area contributed by atoms with Crippen LogP contribution in [0.2, 0.25) is 0 Å². The van der Waals surface area contributed by atoms with E-state index >= 15 is 0 Å². The van der Waals surface area contributed by atoms with Crippen molar-refractivity contribution >= 4 is 5.78 Å². The van der Waals surface area contributed by atoms with E-state index in [-0.39, 0.29) is 0 Å². The highest BCUT2D eigenvalue weighted by Gasteiger charge is 2.02. The zero-order valence-electron chi connectivity index (χ0n) is 20.8. The number of rotatable bonds is 24. The molecule has 1 heteroatoms. The number of Topliss-reactive ketones (excluding diaryl/α,β-unsaturated/α-hetero) is 1. The van der Waals surface area contributed by atoms with Gasteiger partial charge in [-0.15, -0.1) is 0 Å². The van der Waals surface area contributed by atoms with E-state index in [1.165, 1.54) is 109 Å². The molecule has 176 valence electrons. The number of allylic oxidation sites excluding steroid dienone is 4. The van der Waals surface area contributed by atoms with Gasteiger partial charge in [0.1, 0.15) is 5.78 Å². The second-order valence-electron chi connectivity index (χ2n) is 9.10. The van der Waals surface area contributed by atoms with Gasteiger partial charge in [0.05, 0.1) is 0 Å². The predicted molar refractivity (Wildman–Crippen MR) is 136 cm³/mol. The molecule has 0 N–H and O–H groups in total. The quantitative estimate of drug-likeness (QED) is 0.112. The number of hydrogen-bond donors (Lipinski definition) is 0. The molecule has 0 atom stereocenters. The number of carbonyl (C=O) groups is 1. The van der Waals surface area contributed by atoms with Crippen LogP contribution in [0.1, 0.15) is 155 Å². The summed E-state index contributed by atoms with van der Waals surface area (Å²) in [5, 5.41) is 0. The molecule has 0 spiro atoms. The smallest absolute Gasteiger partial charge is 0.132 e. The molecule has 0 aromatic heterocycles. The Bertz CT molecular complexity index is 393. The van der Waals surface area contributed by atoms with E-state index in [0.717, 1.165) is 32.1 Å². The van der Waals surface area contributed by atoms with Crippen LogP contribution in [-0.4, -0.2) is 5.78 Å². The first kappa shape index (κ1) is 29.1. The Hall–Kier alpha value is -0.850. The first-order chi connectivity index (χ1) is 14.8. The van der Waals surface area contributed by atoms with Gasteiger partial charge >= 0.3 is 0 Å². The molecule has 0 bridgehead atoms. The van der Waals surface area contributed by atoms with Gasteiger partial charge in [-0.2, -0.15) is 0 Å². The lowest BCUT2D eigenvalue weighted by Gasteiger charge is -2.03. The van der Waals surface area contributed by atoms with Crippen LogP contribution in [0.25, 0.3) is 0 Å². The zero-order chi connectivity index (χ0) is 22.0. The molecule has 0 heterocycles. The van der Waals surface area contributed by atoms with Gasteiger partial charge < -0.3 is 0 Å². The highest BCUT2D eigenvalue weighted by atomic mass is 16.1. The minimum Gasteiger partial charge on any atom is -0.300 e. The molecule has 0 amide bonds. The van der Waals surface area contributed by atoms with Crippen LogP contribution in [0.15, 0.2) is 24.3 Å². The predicted octanol–water partition coefficient (Wildman–Crippen LogP) is 10.3. The maximum atomic E-state index is 12.0. The third-order valence-electron chi connectivity index (χ3n) is 5.97. The van der Waals surface area contributed by atoms with Crippen LogP contribution in [0, 0.1) is 0 Å². The summed E-state index contributed by atoms with van der Waals surface area (Å²) in [5.74, 6) is 0.505. The van der Waals surface area contributed by atoms with Crippen LogP contribution in [0.3, 0.4) is 0 Å². The highest BCUT2D eigenvalue weighted by molar-refractivity contribution is 5.78. The average molecular weight is 419 g/mol. The molecule has 0 rings (SSSR count). The monoisotopic (exact) mass is 418 g/mol. The number of unbranched alkanes of at least 4 members (excludes halogenated alkanes) is 16. The number of ketones is 1. The summed E-state index contributed by atoms with van der Waals surface area (Å²) in [6, 6.07) is 0. The van der Waals surface area contributed by atoms with Crippen molar-refractivity contribution in [2.75, 3.05) is 0 Å². The van der Waals surface area contributed by atoms with Crippen molar-refractivity contribution < 1.29 is 4.79 Å². The molecule has 0 aromatic rings. The van der Waals surface area contributed by atoms with Gasteiger partial charge in [0.2, 0.25) is 0 Å². The normalized spacial score (nSPS) is 11.8. The van der Waals surface area contributed by atoms with E-state index in [2.05, 4.69) is 38.2 Å². The molecule has 30 heavy (non-hydrogen) atoms. The maximum absolute atomic E-state index is 12.0. The lowest BCUT2D eigenvalue weighted by Crippen LogP contribution is -1.97. The van der Waals surface area contributed by atoms with E-state index in [9.17, 15) is 4.79 Å². The third-order valence-corrected chi connectivity index (χ3v) is 5.97. The molecular weight excluding hydrogens is 364 g/mol. The van der Waals surface area contributed by atoms with Crippen molar-refractivity contribution in [3.63, 3.8) is 0 Å². The van der Waals surface area contributed by atoms with Crippen molar-refractivity contribution in [2.45, 2.75) is 155 Å². The molecule has 0 saturated carbocycles. The van der Waals surface area contributed by atoms with Gasteiger partial charge in [-0.1, -0.05) is 122 Å². The highest BCUT2D eigenvalue weighted by Crippen LogP contribution is 2.13. The number of carbonyl (C=O) groups excluding carboxylic acids is 1. The molecule has 0 unspecified atom stereocenters. The molecule has 0 aromatic carbocycles.